The molecule has 0 aliphatic carbocycles. The fraction of sp³-hybridized carbons (Fsp3) is 1.00. The summed E-state index contributed by atoms with van der Waals surface area (Å²) in [5.41, 5.74) is 3.90. The molecule has 0 aromatic rings. The maximum Gasteiger partial charge on any atom is 0.107 e. The van der Waals surface area contributed by atoms with E-state index in [0.29, 0.717) is 26.2 Å². The lowest BCUT2D eigenvalue weighted by molar-refractivity contribution is -0.223. The average molecular weight is 367 g/mol. The van der Waals surface area contributed by atoms with Crippen LogP contribution in [-0.2, 0) is 0 Å². The molecule has 0 aromatic carbocycles. The quantitative estimate of drug-likeness (QED) is 0.129. The van der Waals surface area contributed by atoms with Gasteiger partial charge in [0.2, 0.25) is 0 Å². The Balaban J connectivity index is 5.78. The first-order chi connectivity index (χ1) is 11.5. The van der Waals surface area contributed by atoms with Crippen LogP contribution in [0.5, 0.6) is 0 Å². The Kier molecular flexibility index (Phi) is 11.2. The lowest BCUT2D eigenvalue weighted by Crippen LogP contribution is -2.77. The van der Waals surface area contributed by atoms with Crippen molar-refractivity contribution in [2.75, 3.05) is 26.2 Å². The maximum absolute atomic E-state index is 10.6. The molecular formula is C16H38N4O5. The molecule has 0 saturated carbocycles. The Hall–Kier alpha value is -0.360. The summed E-state index contributed by atoms with van der Waals surface area (Å²) in [6, 6.07) is -0.823. The third-order valence-electron chi connectivity index (χ3n) is 4.56. The predicted octanol–water partition coefficient (Wildman–Crippen LogP) is -2.65. The Morgan fingerprint density at radius 3 is 1.64 bits per heavy atom. The number of rotatable bonds is 13. The highest BCUT2D eigenvalue weighted by molar-refractivity contribution is 5.10. The van der Waals surface area contributed by atoms with E-state index in [4.69, 9.17) is 5.73 Å². The van der Waals surface area contributed by atoms with Crippen LogP contribution in [0.15, 0.2) is 0 Å². The lowest BCUT2D eigenvalue weighted by atomic mass is 9.75. The van der Waals surface area contributed by atoms with E-state index in [9.17, 15) is 25.5 Å². The van der Waals surface area contributed by atoms with Crippen LogP contribution >= 0.6 is 0 Å². The van der Waals surface area contributed by atoms with E-state index < -0.39 is 42.3 Å². The molecular weight excluding hydrogens is 328 g/mol. The van der Waals surface area contributed by atoms with E-state index in [1.165, 1.54) is 39.5 Å². The highest BCUT2D eigenvalue weighted by Crippen LogP contribution is 2.33. The summed E-state index contributed by atoms with van der Waals surface area (Å²) in [5, 5.41) is 58.1. The highest BCUT2D eigenvalue weighted by Gasteiger charge is 2.55. The van der Waals surface area contributed by atoms with Gasteiger partial charge in [-0.05, 0) is 34.6 Å². The van der Waals surface area contributed by atoms with E-state index >= 15 is 0 Å². The van der Waals surface area contributed by atoms with Gasteiger partial charge >= 0.3 is 0 Å². The number of hydrogen-bond acceptors (Lipinski definition) is 9. The second kappa shape index (κ2) is 11.4. The molecule has 0 heterocycles. The monoisotopic (exact) mass is 366 g/mol. The first-order valence-corrected chi connectivity index (χ1v) is 8.87. The van der Waals surface area contributed by atoms with Crippen molar-refractivity contribution in [3.63, 3.8) is 0 Å². The second-order valence-electron chi connectivity index (χ2n) is 6.62. The lowest BCUT2D eigenvalue weighted by Gasteiger charge is -2.55. The minimum Gasteiger partial charge on any atom is -0.392 e. The van der Waals surface area contributed by atoms with Crippen molar-refractivity contribution in [1.82, 2.24) is 15.5 Å². The van der Waals surface area contributed by atoms with Crippen molar-refractivity contribution in [2.24, 2.45) is 5.73 Å². The van der Waals surface area contributed by atoms with Crippen LogP contribution in [0.1, 0.15) is 34.6 Å². The normalized spacial score (nSPS) is 22.1. The molecule has 6 atom stereocenters. The maximum atomic E-state index is 10.6. The molecule has 0 rings (SSSR count). The molecule has 152 valence electrons. The molecule has 6 unspecified atom stereocenters. The molecule has 0 spiro atoms. The molecule has 0 saturated heterocycles. The zero-order valence-electron chi connectivity index (χ0n) is 16.1. The summed E-state index contributed by atoms with van der Waals surface area (Å²) in [6.07, 6.45) is -5.63. The van der Waals surface area contributed by atoms with Gasteiger partial charge in [0.15, 0.2) is 0 Å². The van der Waals surface area contributed by atoms with Crippen molar-refractivity contribution in [3.8, 4) is 0 Å². The van der Waals surface area contributed by atoms with E-state index in [1.54, 1.807) is 0 Å². The number of aliphatic hydroxyl groups is 5. The summed E-state index contributed by atoms with van der Waals surface area (Å²) in [6.45, 7) is 9.50. The van der Waals surface area contributed by atoms with Gasteiger partial charge in [-0.15, -0.1) is 0 Å². The van der Waals surface area contributed by atoms with Crippen molar-refractivity contribution in [3.05, 3.63) is 0 Å². The standard InChI is InChI=1S/C16H38N4O5/c1-10(21)15(19-9-8-18-7-6-17)16(11(2)22,12(3)23)20(13(4)24)14(5)25/h10-15,18-19,21-25H,6-9,17H2,1-5H3. The SMILES string of the molecule is CC(O)C(NCCNCCN)C(C(C)O)(C(C)O)N(C(C)O)C(C)O. The van der Waals surface area contributed by atoms with Crippen LogP contribution in [0, 0.1) is 0 Å². The number of aliphatic hydroxyl groups excluding tert-OH is 5. The van der Waals surface area contributed by atoms with E-state index in [-0.39, 0.29) is 0 Å². The minimum atomic E-state index is -1.52. The molecule has 0 bridgehead atoms. The van der Waals surface area contributed by atoms with Gasteiger partial charge < -0.3 is 41.9 Å². The van der Waals surface area contributed by atoms with Gasteiger partial charge in [0.05, 0.1) is 29.9 Å². The third-order valence-corrected chi connectivity index (χ3v) is 4.56. The molecule has 9 N–H and O–H groups in total. The molecule has 9 nitrogen and oxygen atoms in total. The zero-order valence-corrected chi connectivity index (χ0v) is 16.1. The van der Waals surface area contributed by atoms with Gasteiger partial charge in [0.25, 0.3) is 0 Å². The number of nitrogens with one attached hydrogen (secondary N) is 2. The van der Waals surface area contributed by atoms with Crippen molar-refractivity contribution in [1.29, 1.82) is 0 Å². The van der Waals surface area contributed by atoms with Crippen molar-refractivity contribution >= 4 is 0 Å². The predicted molar refractivity (Wildman–Crippen MR) is 96.7 cm³/mol. The topological polar surface area (TPSA) is 154 Å². The average Bonchev–Trinajstić information content (AvgIpc) is 2.46. The first-order valence-electron chi connectivity index (χ1n) is 8.87. The van der Waals surface area contributed by atoms with Crippen LogP contribution in [0.3, 0.4) is 0 Å². The van der Waals surface area contributed by atoms with Crippen LogP contribution in [0.4, 0.5) is 0 Å². The van der Waals surface area contributed by atoms with Gasteiger partial charge in [-0.25, -0.2) is 4.90 Å². The summed E-state index contributed by atoms with van der Waals surface area (Å²) < 4.78 is 0. The molecule has 0 amide bonds. The first kappa shape index (κ1) is 24.6. The van der Waals surface area contributed by atoms with Crippen LogP contribution in [0.2, 0.25) is 0 Å². The molecule has 0 aliphatic rings. The molecule has 25 heavy (non-hydrogen) atoms. The van der Waals surface area contributed by atoms with Gasteiger partial charge in [0, 0.05) is 26.2 Å². The Labute approximate surface area is 150 Å². The van der Waals surface area contributed by atoms with Gasteiger partial charge in [-0.3, -0.25) is 0 Å². The number of nitrogens with two attached hydrogens (primary N) is 1. The number of nitrogens with zero attached hydrogens (tertiary/aromatic N) is 1. The Bertz CT molecular complexity index is 337. The fourth-order valence-electron chi connectivity index (χ4n) is 3.68. The molecule has 9 heteroatoms. The van der Waals surface area contributed by atoms with Gasteiger partial charge in [-0.1, -0.05) is 0 Å². The van der Waals surface area contributed by atoms with Gasteiger partial charge in [0.1, 0.15) is 12.5 Å². The smallest absolute Gasteiger partial charge is 0.107 e. The molecule has 0 fully saturated rings. The molecule has 0 radical (unpaired) electrons. The van der Waals surface area contributed by atoms with Crippen LogP contribution < -0.4 is 16.4 Å². The molecule has 0 aliphatic heterocycles. The van der Waals surface area contributed by atoms with E-state index in [0.717, 1.165) is 0 Å². The van der Waals surface area contributed by atoms with Gasteiger partial charge in [-0.2, -0.15) is 0 Å². The van der Waals surface area contributed by atoms with Crippen LogP contribution in [-0.4, -0.2) is 99.0 Å². The summed E-state index contributed by atoms with van der Waals surface area (Å²) >= 11 is 0. The highest BCUT2D eigenvalue weighted by atomic mass is 16.3. The second-order valence-corrected chi connectivity index (χ2v) is 6.62. The Morgan fingerprint density at radius 2 is 1.32 bits per heavy atom. The molecule has 0 aromatic heterocycles. The van der Waals surface area contributed by atoms with Crippen molar-refractivity contribution < 1.29 is 25.5 Å². The third kappa shape index (κ3) is 6.09. The van der Waals surface area contributed by atoms with E-state index in [1.807, 2.05) is 0 Å². The largest absolute Gasteiger partial charge is 0.392 e. The Morgan fingerprint density at radius 1 is 0.840 bits per heavy atom. The zero-order chi connectivity index (χ0) is 19.8. The summed E-state index contributed by atoms with van der Waals surface area (Å²) in [7, 11) is 0. The fourth-order valence-corrected chi connectivity index (χ4v) is 3.68. The number of hydrogen-bond donors (Lipinski definition) is 8. The minimum absolute atomic E-state index is 0.435. The summed E-state index contributed by atoms with van der Waals surface area (Å²) in [5.74, 6) is 0. The van der Waals surface area contributed by atoms with E-state index in [2.05, 4.69) is 10.6 Å². The van der Waals surface area contributed by atoms with Crippen LogP contribution in [0.25, 0.3) is 0 Å². The summed E-state index contributed by atoms with van der Waals surface area (Å²) in [4.78, 5) is 1.22. The van der Waals surface area contributed by atoms with Crippen molar-refractivity contribution in [2.45, 2.75) is 77.0 Å².